The second-order valence-corrected chi connectivity index (χ2v) is 4.00. The summed E-state index contributed by atoms with van der Waals surface area (Å²) in [6, 6.07) is 3.85. The number of aliphatic hydroxyl groups excluding tert-OH is 3. The molecule has 1 aliphatic rings. The maximum atomic E-state index is 9.75. The van der Waals surface area contributed by atoms with E-state index in [1.54, 1.807) is 0 Å². The molecule has 94 valence electrons. The van der Waals surface area contributed by atoms with Gasteiger partial charge in [0.05, 0.1) is 6.61 Å². The number of ether oxygens (including phenoxy) is 1. The predicted molar refractivity (Wildman–Crippen MR) is 56.5 cm³/mol. The normalized spacial score (nSPS) is 32.9. The second-order valence-electron chi connectivity index (χ2n) is 4.00. The molecule has 0 amide bonds. The topological polar surface area (TPSA) is 110 Å². The number of aromatic hydroxyl groups is 2. The maximum Gasteiger partial charge on any atom is 0.125 e. The fourth-order valence-electron chi connectivity index (χ4n) is 1.93. The van der Waals surface area contributed by atoms with Gasteiger partial charge in [-0.2, -0.15) is 0 Å². The van der Waals surface area contributed by atoms with Crippen LogP contribution < -0.4 is 0 Å². The van der Waals surface area contributed by atoms with Gasteiger partial charge in [-0.05, 0) is 12.1 Å². The molecule has 0 aromatic heterocycles. The highest BCUT2D eigenvalue weighted by molar-refractivity contribution is 5.41. The molecule has 1 aliphatic heterocycles. The number of hydrogen-bond donors (Lipinski definition) is 5. The molecular weight excluding hydrogens is 228 g/mol. The first kappa shape index (κ1) is 12.1. The fourth-order valence-corrected chi connectivity index (χ4v) is 1.93. The minimum Gasteiger partial charge on any atom is -0.508 e. The quantitative estimate of drug-likeness (QED) is 0.467. The summed E-state index contributed by atoms with van der Waals surface area (Å²) >= 11 is 0. The first-order valence-corrected chi connectivity index (χ1v) is 5.19. The first-order valence-electron chi connectivity index (χ1n) is 5.19. The molecule has 1 saturated heterocycles. The summed E-state index contributed by atoms with van der Waals surface area (Å²) in [5.74, 6) is -0.349. The van der Waals surface area contributed by atoms with Gasteiger partial charge in [-0.3, -0.25) is 0 Å². The molecule has 0 bridgehead atoms. The van der Waals surface area contributed by atoms with Crippen molar-refractivity contribution >= 4 is 0 Å². The van der Waals surface area contributed by atoms with Crippen LogP contribution in [-0.2, 0) is 4.74 Å². The molecule has 6 nitrogen and oxygen atoms in total. The standard InChI is InChI=1S/C11H14O6/c12-4-8-9(15)10(16)11(17-8)6-2-1-5(13)3-7(6)14/h1-3,8-16H,4H2/t8-,9+,10-,11+/m0/s1. The van der Waals surface area contributed by atoms with Gasteiger partial charge in [0.2, 0.25) is 0 Å². The van der Waals surface area contributed by atoms with Gasteiger partial charge < -0.3 is 30.3 Å². The Kier molecular flexibility index (Phi) is 3.21. The lowest BCUT2D eigenvalue weighted by Crippen LogP contribution is -2.32. The molecule has 4 atom stereocenters. The summed E-state index contributed by atoms with van der Waals surface area (Å²) in [6.07, 6.45) is -4.26. The van der Waals surface area contributed by atoms with Crippen molar-refractivity contribution in [3.05, 3.63) is 23.8 Å². The average molecular weight is 242 g/mol. The van der Waals surface area contributed by atoms with Crippen LogP contribution >= 0.6 is 0 Å². The Bertz CT molecular complexity index is 407. The molecule has 1 fully saturated rings. The van der Waals surface area contributed by atoms with E-state index in [0.717, 1.165) is 6.07 Å². The van der Waals surface area contributed by atoms with Crippen LogP contribution in [0.25, 0.3) is 0 Å². The van der Waals surface area contributed by atoms with Crippen LogP contribution in [0.15, 0.2) is 18.2 Å². The Balaban J connectivity index is 2.29. The zero-order chi connectivity index (χ0) is 12.6. The molecule has 17 heavy (non-hydrogen) atoms. The van der Waals surface area contributed by atoms with E-state index in [1.807, 2.05) is 0 Å². The smallest absolute Gasteiger partial charge is 0.125 e. The van der Waals surface area contributed by atoms with Crippen molar-refractivity contribution in [1.29, 1.82) is 0 Å². The third-order valence-electron chi connectivity index (χ3n) is 2.86. The van der Waals surface area contributed by atoms with Gasteiger partial charge in [0.25, 0.3) is 0 Å². The summed E-state index contributed by atoms with van der Waals surface area (Å²) < 4.78 is 5.25. The molecule has 0 aliphatic carbocycles. The van der Waals surface area contributed by atoms with Crippen molar-refractivity contribution in [2.75, 3.05) is 6.61 Å². The highest BCUT2D eigenvalue weighted by atomic mass is 16.6. The minimum atomic E-state index is -1.23. The van der Waals surface area contributed by atoms with Crippen molar-refractivity contribution < 1.29 is 30.3 Å². The third-order valence-corrected chi connectivity index (χ3v) is 2.86. The second kappa shape index (κ2) is 4.50. The zero-order valence-corrected chi connectivity index (χ0v) is 8.89. The van der Waals surface area contributed by atoms with Crippen LogP contribution in [0.5, 0.6) is 11.5 Å². The fraction of sp³-hybridized carbons (Fsp3) is 0.455. The first-order chi connectivity index (χ1) is 8.04. The zero-order valence-electron chi connectivity index (χ0n) is 8.89. The Hall–Kier alpha value is -1.34. The molecule has 0 spiro atoms. The van der Waals surface area contributed by atoms with Crippen molar-refractivity contribution in [2.24, 2.45) is 0 Å². The Morgan fingerprint density at radius 2 is 1.82 bits per heavy atom. The molecule has 1 heterocycles. The predicted octanol–water partition coefficient (Wildman–Crippen LogP) is -0.748. The molecule has 2 rings (SSSR count). The third kappa shape index (κ3) is 2.07. The lowest BCUT2D eigenvalue weighted by Gasteiger charge is -2.16. The Morgan fingerprint density at radius 1 is 1.12 bits per heavy atom. The van der Waals surface area contributed by atoms with E-state index in [-0.39, 0.29) is 17.1 Å². The summed E-state index contributed by atoms with van der Waals surface area (Å²) in [5, 5.41) is 47.0. The number of benzene rings is 1. The number of hydrogen-bond acceptors (Lipinski definition) is 6. The van der Waals surface area contributed by atoms with E-state index in [1.165, 1.54) is 12.1 Å². The van der Waals surface area contributed by atoms with E-state index in [0.29, 0.717) is 0 Å². The molecule has 1 aromatic rings. The van der Waals surface area contributed by atoms with E-state index in [4.69, 9.17) is 14.9 Å². The maximum absolute atomic E-state index is 9.75. The van der Waals surface area contributed by atoms with Crippen molar-refractivity contribution in [1.82, 2.24) is 0 Å². The van der Waals surface area contributed by atoms with Crippen molar-refractivity contribution in [3.63, 3.8) is 0 Å². The highest BCUT2D eigenvalue weighted by Gasteiger charge is 2.43. The van der Waals surface area contributed by atoms with Gasteiger partial charge in [-0.1, -0.05) is 0 Å². The van der Waals surface area contributed by atoms with E-state index < -0.39 is 31.0 Å². The summed E-state index contributed by atoms with van der Waals surface area (Å²) in [5.41, 5.74) is 0.255. The lowest BCUT2D eigenvalue weighted by molar-refractivity contribution is -0.0233. The van der Waals surface area contributed by atoms with E-state index in [9.17, 15) is 15.3 Å². The molecular formula is C11H14O6. The minimum absolute atomic E-state index is 0.113. The number of phenols is 2. The SMILES string of the molecule is OC[C@@H]1O[C@H](c2ccc(O)cc2O)[C@@H](O)[C@@H]1O. The molecule has 0 unspecified atom stereocenters. The van der Waals surface area contributed by atoms with Crippen molar-refractivity contribution in [3.8, 4) is 11.5 Å². The van der Waals surface area contributed by atoms with Gasteiger partial charge in [0.1, 0.15) is 35.9 Å². The van der Waals surface area contributed by atoms with E-state index >= 15 is 0 Å². The van der Waals surface area contributed by atoms with Crippen molar-refractivity contribution in [2.45, 2.75) is 24.4 Å². The van der Waals surface area contributed by atoms with Crippen LogP contribution in [0, 0.1) is 0 Å². The van der Waals surface area contributed by atoms with Crippen LogP contribution in [-0.4, -0.2) is 50.5 Å². The Labute approximate surface area is 97.3 Å². The number of rotatable bonds is 2. The number of phenolic OH excluding ortho intramolecular Hbond substituents is 2. The van der Waals surface area contributed by atoms with Crippen LogP contribution in [0.3, 0.4) is 0 Å². The lowest BCUT2D eigenvalue weighted by atomic mass is 10.0. The van der Waals surface area contributed by atoms with Gasteiger partial charge in [-0.25, -0.2) is 0 Å². The van der Waals surface area contributed by atoms with Gasteiger partial charge in [-0.15, -0.1) is 0 Å². The van der Waals surface area contributed by atoms with Gasteiger partial charge >= 0.3 is 0 Å². The molecule has 0 saturated carbocycles. The monoisotopic (exact) mass is 242 g/mol. The average Bonchev–Trinajstić information content (AvgIpc) is 2.57. The number of aliphatic hydroxyl groups is 3. The molecule has 5 N–H and O–H groups in total. The summed E-state index contributed by atoms with van der Waals surface area (Å²) in [6.45, 7) is -0.423. The molecule has 0 radical (unpaired) electrons. The van der Waals surface area contributed by atoms with E-state index in [2.05, 4.69) is 0 Å². The van der Waals surface area contributed by atoms with Gasteiger partial charge in [0, 0.05) is 11.6 Å². The van der Waals surface area contributed by atoms with Crippen LogP contribution in [0.2, 0.25) is 0 Å². The molecule has 1 aromatic carbocycles. The van der Waals surface area contributed by atoms with Crippen LogP contribution in [0.1, 0.15) is 11.7 Å². The highest BCUT2D eigenvalue weighted by Crippen LogP contribution is 2.38. The molecule has 6 heteroatoms. The Morgan fingerprint density at radius 3 is 2.35 bits per heavy atom. The van der Waals surface area contributed by atoms with Gasteiger partial charge in [0.15, 0.2) is 0 Å². The summed E-state index contributed by atoms with van der Waals surface area (Å²) in [4.78, 5) is 0. The largest absolute Gasteiger partial charge is 0.508 e. The van der Waals surface area contributed by atoms with Crippen LogP contribution in [0.4, 0.5) is 0 Å². The summed E-state index contributed by atoms with van der Waals surface area (Å²) in [7, 11) is 0.